The predicted molar refractivity (Wildman–Crippen MR) is 60.1 cm³/mol. The molecule has 1 N–H and O–H groups in total. The van der Waals surface area contributed by atoms with Crippen LogP contribution < -0.4 is 5.32 Å². The van der Waals surface area contributed by atoms with Gasteiger partial charge in [0.25, 0.3) is 0 Å². The summed E-state index contributed by atoms with van der Waals surface area (Å²) in [6.45, 7) is 10.3. The molecule has 3 nitrogen and oxygen atoms in total. The lowest BCUT2D eigenvalue weighted by Crippen LogP contribution is -2.50. The van der Waals surface area contributed by atoms with E-state index in [2.05, 4.69) is 37.1 Å². The van der Waals surface area contributed by atoms with E-state index in [0.717, 1.165) is 19.5 Å². The third kappa shape index (κ3) is 4.08. The summed E-state index contributed by atoms with van der Waals surface area (Å²) in [7, 11) is 1.84. The standard InChI is InChI=1S/C11H23N3/c1-6-7-14(10(2)3)9-11(4,8-12)13-5/h10,13H,6-7,9H2,1-5H3. The zero-order chi connectivity index (χ0) is 11.2. The minimum atomic E-state index is -0.431. The smallest absolute Gasteiger partial charge is 0.116 e. The van der Waals surface area contributed by atoms with Crippen molar-refractivity contribution in [3.05, 3.63) is 0 Å². The Hall–Kier alpha value is -0.590. The number of hydrogen-bond acceptors (Lipinski definition) is 3. The molecule has 0 heterocycles. The topological polar surface area (TPSA) is 39.1 Å². The molecule has 0 saturated carbocycles. The van der Waals surface area contributed by atoms with Gasteiger partial charge in [0.15, 0.2) is 0 Å². The first-order valence-electron chi connectivity index (χ1n) is 5.33. The van der Waals surface area contributed by atoms with E-state index >= 15 is 0 Å². The largest absolute Gasteiger partial charge is 0.302 e. The molecule has 82 valence electrons. The number of likely N-dealkylation sites (N-methyl/N-ethyl adjacent to an activating group) is 1. The first kappa shape index (κ1) is 13.4. The van der Waals surface area contributed by atoms with Crippen molar-refractivity contribution < 1.29 is 0 Å². The Labute approximate surface area is 88.1 Å². The van der Waals surface area contributed by atoms with Crippen molar-refractivity contribution in [2.45, 2.75) is 45.7 Å². The second kappa shape index (κ2) is 6.00. The van der Waals surface area contributed by atoms with Gasteiger partial charge in [-0.15, -0.1) is 0 Å². The van der Waals surface area contributed by atoms with Gasteiger partial charge in [0.05, 0.1) is 6.07 Å². The van der Waals surface area contributed by atoms with E-state index in [1.54, 1.807) is 0 Å². The molecule has 0 aliphatic heterocycles. The zero-order valence-corrected chi connectivity index (χ0v) is 10.1. The quantitative estimate of drug-likeness (QED) is 0.703. The molecule has 0 aromatic rings. The second-order valence-corrected chi connectivity index (χ2v) is 4.26. The summed E-state index contributed by atoms with van der Waals surface area (Å²) in [6.07, 6.45) is 1.13. The minimum Gasteiger partial charge on any atom is -0.302 e. The Morgan fingerprint density at radius 1 is 1.50 bits per heavy atom. The number of rotatable bonds is 6. The molecule has 0 saturated heterocycles. The van der Waals surface area contributed by atoms with Gasteiger partial charge in [0.2, 0.25) is 0 Å². The van der Waals surface area contributed by atoms with Crippen molar-refractivity contribution >= 4 is 0 Å². The van der Waals surface area contributed by atoms with E-state index in [1.165, 1.54) is 0 Å². The maximum Gasteiger partial charge on any atom is 0.116 e. The third-order valence-corrected chi connectivity index (χ3v) is 2.56. The fourth-order valence-corrected chi connectivity index (χ4v) is 1.38. The van der Waals surface area contributed by atoms with Crippen LogP contribution in [0.1, 0.15) is 34.1 Å². The van der Waals surface area contributed by atoms with Crippen LogP contribution in [-0.4, -0.2) is 36.6 Å². The van der Waals surface area contributed by atoms with Crippen LogP contribution in [0.25, 0.3) is 0 Å². The number of nitrogens with one attached hydrogen (secondary N) is 1. The molecule has 0 radical (unpaired) electrons. The van der Waals surface area contributed by atoms with Gasteiger partial charge in [-0.1, -0.05) is 6.92 Å². The molecule has 0 rings (SSSR count). The van der Waals surface area contributed by atoms with Crippen LogP contribution in [0.3, 0.4) is 0 Å². The van der Waals surface area contributed by atoms with Gasteiger partial charge in [-0.25, -0.2) is 0 Å². The van der Waals surface area contributed by atoms with E-state index < -0.39 is 5.54 Å². The average Bonchev–Trinajstić information content (AvgIpc) is 2.17. The van der Waals surface area contributed by atoms with Gasteiger partial charge in [-0.3, -0.25) is 4.90 Å². The fraction of sp³-hybridized carbons (Fsp3) is 0.909. The number of nitriles is 1. The van der Waals surface area contributed by atoms with E-state index in [0.29, 0.717) is 6.04 Å². The molecule has 0 bridgehead atoms. The molecule has 0 spiro atoms. The monoisotopic (exact) mass is 197 g/mol. The second-order valence-electron chi connectivity index (χ2n) is 4.26. The van der Waals surface area contributed by atoms with Crippen molar-refractivity contribution in [3.63, 3.8) is 0 Å². The van der Waals surface area contributed by atoms with E-state index in [9.17, 15) is 0 Å². The van der Waals surface area contributed by atoms with Gasteiger partial charge in [0.1, 0.15) is 5.54 Å². The predicted octanol–water partition coefficient (Wildman–Crippen LogP) is 1.61. The molecule has 14 heavy (non-hydrogen) atoms. The molecular formula is C11H23N3. The van der Waals surface area contributed by atoms with Crippen LogP contribution >= 0.6 is 0 Å². The van der Waals surface area contributed by atoms with Crippen LogP contribution in [0.4, 0.5) is 0 Å². The lowest BCUT2D eigenvalue weighted by Gasteiger charge is -2.32. The fourth-order valence-electron chi connectivity index (χ4n) is 1.38. The maximum absolute atomic E-state index is 9.05. The number of hydrogen-bond donors (Lipinski definition) is 1. The highest BCUT2D eigenvalue weighted by Crippen LogP contribution is 2.08. The van der Waals surface area contributed by atoms with Gasteiger partial charge in [-0.2, -0.15) is 5.26 Å². The van der Waals surface area contributed by atoms with Crippen LogP contribution in [-0.2, 0) is 0 Å². The molecule has 1 atom stereocenters. The SMILES string of the molecule is CCCN(CC(C)(C#N)NC)C(C)C. The molecule has 0 aliphatic rings. The van der Waals surface area contributed by atoms with Crippen molar-refractivity contribution in [1.82, 2.24) is 10.2 Å². The zero-order valence-electron chi connectivity index (χ0n) is 10.1. The Bertz CT molecular complexity index is 195. The van der Waals surface area contributed by atoms with Gasteiger partial charge < -0.3 is 5.32 Å². The molecule has 0 fully saturated rings. The van der Waals surface area contributed by atoms with Crippen molar-refractivity contribution in [1.29, 1.82) is 5.26 Å². The summed E-state index contributed by atoms with van der Waals surface area (Å²) in [5.74, 6) is 0. The highest BCUT2D eigenvalue weighted by atomic mass is 15.2. The van der Waals surface area contributed by atoms with Crippen LogP contribution in [0.15, 0.2) is 0 Å². The molecule has 0 aromatic heterocycles. The molecule has 0 amide bonds. The molecular weight excluding hydrogens is 174 g/mol. The summed E-state index contributed by atoms with van der Waals surface area (Å²) in [4.78, 5) is 2.33. The van der Waals surface area contributed by atoms with Gasteiger partial charge in [0, 0.05) is 12.6 Å². The van der Waals surface area contributed by atoms with Crippen LogP contribution in [0.5, 0.6) is 0 Å². The first-order chi connectivity index (χ1) is 6.49. The summed E-state index contributed by atoms with van der Waals surface area (Å²) in [6, 6.07) is 2.82. The molecule has 0 aliphatic carbocycles. The van der Waals surface area contributed by atoms with Crippen molar-refractivity contribution in [3.8, 4) is 6.07 Å². The molecule has 0 aromatic carbocycles. The van der Waals surface area contributed by atoms with Crippen LogP contribution in [0, 0.1) is 11.3 Å². The Morgan fingerprint density at radius 3 is 2.36 bits per heavy atom. The minimum absolute atomic E-state index is 0.431. The summed E-state index contributed by atoms with van der Waals surface area (Å²) < 4.78 is 0. The Balaban J connectivity index is 4.35. The molecule has 3 heteroatoms. The third-order valence-electron chi connectivity index (χ3n) is 2.56. The van der Waals surface area contributed by atoms with Gasteiger partial charge in [-0.05, 0) is 40.8 Å². The Morgan fingerprint density at radius 2 is 2.07 bits per heavy atom. The normalized spacial score (nSPS) is 15.6. The summed E-state index contributed by atoms with van der Waals surface area (Å²) in [5.41, 5.74) is -0.431. The number of nitrogens with zero attached hydrogens (tertiary/aromatic N) is 2. The highest BCUT2D eigenvalue weighted by molar-refractivity contribution is 5.05. The van der Waals surface area contributed by atoms with Gasteiger partial charge >= 0.3 is 0 Å². The van der Waals surface area contributed by atoms with Crippen molar-refractivity contribution in [2.24, 2.45) is 0 Å². The summed E-state index contributed by atoms with van der Waals surface area (Å²) in [5, 5.41) is 12.1. The maximum atomic E-state index is 9.05. The summed E-state index contributed by atoms with van der Waals surface area (Å²) >= 11 is 0. The Kier molecular flexibility index (Phi) is 5.75. The van der Waals surface area contributed by atoms with Crippen LogP contribution in [0.2, 0.25) is 0 Å². The highest BCUT2D eigenvalue weighted by Gasteiger charge is 2.25. The lowest BCUT2D eigenvalue weighted by atomic mass is 10.0. The molecule has 1 unspecified atom stereocenters. The van der Waals surface area contributed by atoms with E-state index in [-0.39, 0.29) is 0 Å². The van der Waals surface area contributed by atoms with Crippen molar-refractivity contribution in [2.75, 3.05) is 20.1 Å². The van der Waals surface area contributed by atoms with E-state index in [1.807, 2.05) is 14.0 Å². The lowest BCUT2D eigenvalue weighted by molar-refractivity contribution is 0.183. The first-order valence-corrected chi connectivity index (χ1v) is 5.33. The average molecular weight is 197 g/mol. The van der Waals surface area contributed by atoms with E-state index in [4.69, 9.17) is 5.26 Å².